The van der Waals surface area contributed by atoms with Gasteiger partial charge in [-0.1, -0.05) is 84.4 Å². The van der Waals surface area contributed by atoms with Crippen LogP contribution >= 0.6 is 11.3 Å². The molecule has 0 radical (unpaired) electrons. The van der Waals surface area contributed by atoms with Crippen molar-refractivity contribution in [2.24, 2.45) is 0 Å². The third kappa shape index (κ3) is 7.38. The van der Waals surface area contributed by atoms with E-state index in [1.54, 1.807) is 11.4 Å². The molecular formula is C29H27NO5S2. The average molecular weight is 534 g/mol. The van der Waals surface area contributed by atoms with E-state index < -0.39 is 15.9 Å². The molecular weight excluding hydrogens is 506 g/mol. The van der Waals surface area contributed by atoms with Crippen molar-refractivity contribution in [3.63, 3.8) is 0 Å². The van der Waals surface area contributed by atoms with E-state index in [0.717, 1.165) is 44.7 Å². The van der Waals surface area contributed by atoms with Gasteiger partial charge in [-0.2, -0.15) is 0 Å². The second-order valence-electron chi connectivity index (χ2n) is 8.64. The maximum Gasteiger partial charge on any atom is 0.310 e. The van der Waals surface area contributed by atoms with Crippen molar-refractivity contribution >= 4 is 33.2 Å². The van der Waals surface area contributed by atoms with Crippen LogP contribution in [0.2, 0.25) is 0 Å². The summed E-state index contributed by atoms with van der Waals surface area (Å²) < 4.78 is 32.3. The zero-order valence-corrected chi connectivity index (χ0v) is 22.0. The van der Waals surface area contributed by atoms with E-state index in [4.69, 9.17) is 4.74 Å². The van der Waals surface area contributed by atoms with Gasteiger partial charge in [0.25, 0.3) is 10.0 Å². The van der Waals surface area contributed by atoms with Gasteiger partial charge < -0.3 is 4.74 Å². The maximum atomic E-state index is 12.4. The quantitative estimate of drug-likeness (QED) is 0.274. The van der Waals surface area contributed by atoms with Gasteiger partial charge >= 0.3 is 5.97 Å². The van der Waals surface area contributed by atoms with Crippen LogP contribution < -0.4 is 4.72 Å². The average Bonchev–Trinajstić information content (AvgIpc) is 3.43. The van der Waals surface area contributed by atoms with Gasteiger partial charge in [0.1, 0.15) is 10.8 Å². The summed E-state index contributed by atoms with van der Waals surface area (Å²) in [7, 11) is -3.84. The van der Waals surface area contributed by atoms with Crippen LogP contribution in [0.5, 0.6) is 0 Å². The van der Waals surface area contributed by atoms with Crippen LogP contribution in [0.3, 0.4) is 0 Å². The Labute approximate surface area is 221 Å². The topological polar surface area (TPSA) is 89.5 Å². The Morgan fingerprint density at radius 2 is 1.68 bits per heavy atom. The van der Waals surface area contributed by atoms with Crippen LogP contribution in [0.15, 0.2) is 94.5 Å². The van der Waals surface area contributed by atoms with Crippen molar-refractivity contribution in [3.05, 3.63) is 113 Å². The highest BCUT2D eigenvalue weighted by Gasteiger charge is 2.18. The number of sulfonamides is 1. The van der Waals surface area contributed by atoms with Crippen molar-refractivity contribution in [1.29, 1.82) is 0 Å². The van der Waals surface area contributed by atoms with Crippen LogP contribution in [-0.4, -0.2) is 20.3 Å². The molecule has 0 aliphatic carbocycles. The maximum absolute atomic E-state index is 12.4. The number of ether oxygens (including phenoxy) is 1. The van der Waals surface area contributed by atoms with Gasteiger partial charge in [0, 0.05) is 6.42 Å². The zero-order valence-electron chi connectivity index (χ0n) is 20.3. The normalized spacial score (nSPS) is 11.2. The fourth-order valence-corrected chi connectivity index (χ4v) is 5.93. The molecule has 3 aromatic carbocycles. The third-order valence-corrected chi connectivity index (χ3v) is 8.51. The molecule has 0 bridgehead atoms. The lowest BCUT2D eigenvalue weighted by Gasteiger charge is -2.11. The Hall–Kier alpha value is -3.75. The highest BCUT2D eigenvalue weighted by atomic mass is 32.2. The molecule has 4 rings (SSSR count). The monoisotopic (exact) mass is 533 g/mol. The molecule has 8 heteroatoms. The Balaban J connectivity index is 1.34. The standard InChI is InChI=1S/C29H27NO5S2/c1-21-6-4-7-23(18-21)19-28(32)35-20-22-11-13-25(14-12-22)26-9-3-2-8-24(26)15-16-27(31)30-37(33,34)29-10-5-17-36-29/h2-14,17-18H,15-16,19-20H2,1H3,(H,30,31). The largest absolute Gasteiger partial charge is 0.461 e. The van der Waals surface area contributed by atoms with Gasteiger partial charge in [0.05, 0.1) is 6.42 Å². The molecule has 1 heterocycles. The number of hydrogen-bond acceptors (Lipinski definition) is 6. The van der Waals surface area contributed by atoms with Crippen LogP contribution in [-0.2, 0) is 43.8 Å². The molecule has 0 unspecified atom stereocenters. The summed E-state index contributed by atoms with van der Waals surface area (Å²) in [5, 5.41) is 1.65. The molecule has 1 N–H and O–H groups in total. The molecule has 6 nitrogen and oxygen atoms in total. The lowest BCUT2D eigenvalue weighted by Crippen LogP contribution is -2.30. The van der Waals surface area contributed by atoms with Crippen molar-refractivity contribution < 1.29 is 22.7 Å². The van der Waals surface area contributed by atoms with Crippen molar-refractivity contribution in [2.75, 3.05) is 0 Å². The van der Waals surface area contributed by atoms with Crippen LogP contribution in [0.25, 0.3) is 11.1 Å². The molecule has 0 aliphatic heterocycles. The minimum absolute atomic E-state index is 0.0383. The number of rotatable bonds is 10. The Kier molecular flexibility index (Phi) is 8.53. The van der Waals surface area contributed by atoms with Gasteiger partial charge in [0.2, 0.25) is 5.91 Å². The first kappa shape index (κ1) is 26.3. The lowest BCUT2D eigenvalue weighted by molar-refractivity contribution is -0.144. The van der Waals surface area contributed by atoms with E-state index in [1.165, 1.54) is 6.07 Å². The molecule has 0 aliphatic rings. The number of amides is 1. The highest BCUT2D eigenvalue weighted by Crippen LogP contribution is 2.25. The van der Waals surface area contributed by atoms with Gasteiger partial charge in [-0.05, 0) is 52.6 Å². The zero-order chi connectivity index (χ0) is 26.3. The van der Waals surface area contributed by atoms with Crippen LogP contribution in [0.4, 0.5) is 0 Å². The number of carbonyl (C=O) groups is 2. The molecule has 1 aromatic heterocycles. The number of nitrogens with one attached hydrogen (secondary N) is 1. The van der Waals surface area contributed by atoms with Crippen LogP contribution in [0.1, 0.15) is 28.7 Å². The molecule has 0 fully saturated rings. The first-order chi connectivity index (χ1) is 17.8. The Morgan fingerprint density at radius 1 is 0.892 bits per heavy atom. The van der Waals surface area contributed by atoms with Crippen molar-refractivity contribution in [3.8, 4) is 11.1 Å². The number of hydrogen-bond donors (Lipinski definition) is 1. The highest BCUT2D eigenvalue weighted by molar-refractivity contribution is 7.92. The summed E-state index contributed by atoms with van der Waals surface area (Å²) in [4.78, 5) is 24.6. The Bertz CT molecular complexity index is 1480. The molecule has 190 valence electrons. The van der Waals surface area contributed by atoms with Crippen molar-refractivity contribution in [2.45, 2.75) is 37.0 Å². The fourth-order valence-electron chi connectivity index (χ4n) is 3.92. The predicted molar refractivity (Wildman–Crippen MR) is 145 cm³/mol. The van der Waals surface area contributed by atoms with E-state index >= 15 is 0 Å². The van der Waals surface area contributed by atoms with Crippen molar-refractivity contribution in [1.82, 2.24) is 4.72 Å². The number of benzene rings is 3. The summed E-state index contributed by atoms with van der Waals surface area (Å²) in [6.45, 7) is 2.17. The number of carbonyl (C=O) groups excluding carboxylic acids is 2. The third-order valence-electron chi connectivity index (χ3n) is 5.74. The summed E-state index contributed by atoms with van der Waals surface area (Å²) in [5.74, 6) is -0.828. The lowest BCUT2D eigenvalue weighted by atomic mass is 9.96. The molecule has 0 atom stereocenters. The summed E-state index contributed by atoms with van der Waals surface area (Å²) in [6, 6.07) is 26.3. The van der Waals surface area contributed by atoms with E-state index in [1.807, 2.05) is 79.7 Å². The first-order valence-electron chi connectivity index (χ1n) is 11.8. The first-order valence-corrected chi connectivity index (χ1v) is 14.1. The smallest absolute Gasteiger partial charge is 0.310 e. The molecule has 0 spiro atoms. The molecule has 1 amide bonds. The minimum atomic E-state index is -3.84. The van der Waals surface area contributed by atoms with Crippen LogP contribution in [0, 0.1) is 6.92 Å². The summed E-state index contributed by atoms with van der Waals surface area (Å²) in [5.41, 5.74) is 5.75. The van der Waals surface area contributed by atoms with E-state index in [-0.39, 0.29) is 29.6 Å². The number of aryl methyl sites for hydroxylation is 2. The summed E-state index contributed by atoms with van der Waals surface area (Å²) in [6.07, 6.45) is 0.659. The second-order valence-corrected chi connectivity index (χ2v) is 11.5. The number of thiophene rings is 1. The van der Waals surface area contributed by atoms with E-state index in [2.05, 4.69) is 4.72 Å². The van der Waals surface area contributed by atoms with Gasteiger partial charge in [0.15, 0.2) is 0 Å². The second kappa shape index (κ2) is 12.0. The SMILES string of the molecule is Cc1cccc(CC(=O)OCc2ccc(-c3ccccc3CCC(=O)NS(=O)(=O)c3cccs3)cc2)c1. The molecule has 37 heavy (non-hydrogen) atoms. The van der Waals surface area contributed by atoms with Gasteiger partial charge in [-0.15, -0.1) is 11.3 Å². The minimum Gasteiger partial charge on any atom is -0.461 e. The van der Waals surface area contributed by atoms with Gasteiger partial charge in [-0.25, -0.2) is 13.1 Å². The molecule has 4 aromatic rings. The molecule has 0 saturated heterocycles. The predicted octanol–water partition coefficient (Wildman–Crippen LogP) is 5.45. The number of esters is 1. The molecule has 0 saturated carbocycles. The van der Waals surface area contributed by atoms with Gasteiger partial charge in [-0.3, -0.25) is 9.59 Å². The van der Waals surface area contributed by atoms with E-state index in [9.17, 15) is 18.0 Å². The van der Waals surface area contributed by atoms with E-state index in [0.29, 0.717) is 6.42 Å². The summed E-state index contributed by atoms with van der Waals surface area (Å²) >= 11 is 1.06. The fraction of sp³-hybridized carbons (Fsp3) is 0.172. The Morgan fingerprint density at radius 3 is 2.41 bits per heavy atom.